The lowest BCUT2D eigenvalue weighted by Gasteiger charge is -2.58. The van der Waals surface area contributed by atoms with E-state index in [-0.39, 0.29) is 28.4 Å². The normalized spacial score (nSPS) is 35.3. The van der Waals surface area contributed by atoms with Gasteiger partial charge in [-0.25, -0.2) is 8.42 Å². The molecule has 0 aliphatic heterocycles. The Labute approximate surface area is 223 Å². The van der Waals surface area contributed by atoms with Crippen LogP contribution in [0.1, 0.15) is 90.0 Å². The Morgan fingerprint density at radius 3 is 2.73 bits per heavy atom. The Morgan fingerprint density at radius 2 is 1.92 bits per heavy atom. The van der Waals surface area contributed by atoms with Crippen molar-refractivity contribution in [3.63, 3.8) is 0 Å². The van der Waals surface area contributed by atoms with Crippen LogP contribution in [0.3, 0.4) is 0 Å². The first-order chi connectivity index (χ1) is 17.7. The summed E-state index contributed by atoms with van der Waals surface area (Å²) in [5.41, 5.74) is 2.21. The van der Waals surface area contributed by atoms with Gasteiger partial charge in [0.05, 0.1) is 24.2 Å². The summed E-state index contributed by atoms with van der Waals surface area (Å²) in [6.07, 6.45) is 12.0. The minimum Gasteiger partial charge on any atom is -0.494 e. The molecule has 6 heteroatoms. The molecular weight excluding hydrogens is 484 g/mol. The minimum absolute atomic E-state index is 0.0544. The van der Waals surface area contributed by atoms with Crippen LogP contribution < -0.4 is 4.74 Å². The lowest BCUT2D eigenvalue weighted by Crippen LogP contribution is -2.52. The van der Waals surface area contributed by atoms with Gasteiger partial charge in [-0.05, 0) is 105 Å². The zero-order chi connectivity index (χ0) is 26.3. The van der Waals surface area contributed by atoms with Crippen molar-refractivity contribution in [3.8, 4) is 5.75 Å². The van der Waals surface area contributed by atoms with Crippen molar-refractivity contribution >= 4 is 15.6 Å². The molecule has 1 aromatic carbocycles. The van der Waals surface area contributed by atoms with Crippen LogP contribution >= 0.6 is 0 Å². The number of aliphatic hydroxyl groups excluding tert-OH is 1. The second kappa shape index (κ2) is 10.5. The van der Waals surface area contributed by atoms with Crippen LogP contribution in [-0.2, 0) is 20.4 Å². The lowest BCUT2D eigenvalue weighted by molar-refractivity contribution is -0.118. The maximum Gasteiger partial charge on any atom is 0.155 e. The molecule has 6 atom stereocenters. The molecule has 4 aliphatic rings. The molecule has 5 nitrogen and oxygen atoms in total. The maximum atomic E-state index is 12.4. The number of rotatable bonds is 9. The van der Waals surface area contributed by atoms with E-state index in [4.69, 9.17) is 4.74 Å². The van der Waals surface area contributed by atoms with Crippen molar-refractivity contribution in [3.05, 3.63) is 41.5 Å². The van der Waals surface area contributed by atoms with Crippen LogP contribution in [0, 0.1) is 28.6 Å². The molecular formula is C31H44O5S. The number of allylic oxidation sites excluding steroid dienone is 1. The monoisotopic (exact) mass is 528 g/mol. The molecule has 0 saturated heterocycles. The van der Waals surface area contributed by atoms with Crippen molar-refractivity contribution in [2.75, 3.05) is 12.4 Å². The van der Waals surface area contributed by atoms with Gasteiger partial charge in [0.15, 0.2) is 15.6 Å². The molecule has 0 bridgehead atoms. The predicted molar refractivity (Wildman–Crippen MR) is 146 cm³/mol. The number of sulfone groups is 1. The molecule has 1 N–H and O–H groups in total. The Balaban J connectivity index is 1.25. The molecule has 3 saturated carbocycles. The van der Waals surface area contributed by atoms with E-state index < -0.39 is 9.84 Å². The topological polar surface area (TPSA) is 80.7 Å². The number of ether oxygens (including phenoxy) is 1. The van der Waals surface area contributed by atoms with Crippen LogP contribution in [-0.4, -0.2) is 37.8 Å². The predicted octanol–water partition coefficient (Wildman–Crippen LogP) is 6.04. The van der Waals surface area contributed by atoms with Gasteiger partial charge in [0.2, 0.25) is 0 Å². The number of carbonyl (C=O) groups excluding carboxylic acids is 1. The van der Waals surface area contributed by atoms with Gasteiger partial charge in [-0.15, -0.1) is 0 Å². The van der Waals surface area contributed by atoms with Gasteiger partial charge in [0, 0.05) is 11.8 Å². The van der Waals surface area contributed by atoms with Crippen LogP contribution in [0.25, 0.3) is 0 Å². The Bertz CT molecular complexity index is 1140. The van der Waals surface area contributed by atoms with E-state index in [1.54, 1.807) is 0 Å². The van der Waals surface area contributed by atoms with Crippen molar-refractivity contribution in [1.82, 2.24) is 0 Å². The summed E-state index contributed by atoms with van der Waals surface area (Å²) in [5.74, 6) is 3.02. The molecule has 0 heterocycles. The van der Waals surface area contributed by atoms with Gasteiger partial charge in [-0.3, -0.25) is 4.79 Å². The molecule has 3 fully saturated rings. The summed E-state index contributed by atoms with van der Waals surface area (Å²) in [6.45, 7) is 4.94. The summed E-state index contributed by atoms with van der Waals surface area (Å²) in [7, 11) is -3.11. The lowest BCUT2D eigenvalue weighted by atomic mass is 9.46. The van der Waals surface area contributed by atoms with E-state index in [0.29, 0.717) is 48.7 Å². The van der Waals surface area contributed by atoms with Gasteiger partial charge < -0.3 is 9.84 Å². The summed E-state index contributed by atoms with van der Waals surface area (Å²) in [6, 6.07) is 7.50. The van der Waals surface area contributed by atoms with E-state index in [1.807, 2.05) is 37.3 Å². The summed E-state index contributed by atoms with van der Waals surface area (Å²) in [4.78, 5) is 12.1. The molecule has 4 aliphatic carbocycles. The number of hydrogen-bond donors (Lipinski definition) is 1. The van der Waals surface area contributed by atoms with Crippen LogP contribution in [0.4, 0.5) is 0 Å². The highest BCUT2D eigenvalue weighted by Crippen LogP contribution is 2.66. The number of aliphatic hydroxyl groups is 1. The highest BCUT2D eigenvalue weighted by atomic mass is 32.2. The number of benzene rings is 1. The minimum atomic E-state index is -3.11. The zero-order valence-electron chi connectivity index (χ0n) is 22.6. The smallest absolute Gasteiger partial charge is 0.155 e. The van der Waals surface area contributed by atoms with Gasteiger partial charge in [0.1, 0.15) is 5.75 Å². The fourth-order valence-corrected chi connectivity index (χ4v) is 10.2. The Hall–Kier alpha value is -1.66. The molecule has 0 spiro atoms. The van der Waals surface area contributed by atoms with Gasteiger partial charge in [0.25, 0.3) is 0 Å². The number of unbranched alkanes of at least 4 members (excludes halogenated alkanes) is 1. The van der Waals surface area contributed by atoms with E-state index in [2.05, 4.69) is 6.92 Å². The molecule has 204 valence electrons. The first kappa shape index (κ1) is 26.9. The zero-order valence-corrected chi connectivity index (χ0v) is 23.4. The standard InChI is InChI=1S/C31H44O5S/c1-3-4-18-37(34,35)21-22-6-5-7-25(19-22)36-17-16-31-15-13-27-26(28(31)10-11-29(31)33)9-8-23-20-24(32)12-14-30(23,27)2/h5-7,19-20,26-29,33H,3-4,8-18,21H2,1-2H3/t26?,27?,28?,29-,30-,31+/m0/s1. The molecule has 5 rings (SSSR count). The maximum absolute atomic E-state index is 12.4. The summed E-state index contributed by atoms with van der Waals surface area (Å²) in [5, 5.41) is 11.3. The molecule has 3 unspecified atom stereocenters. The third kappa shape index (κ3) is 5.17. The van der Waals surface area contributed by atoms with Crippen molar-refractivity contribution in [2.45, 2.75) is 96.3 Å². The average molecular weight is 529 g/mol. The number of fused-ring (bicyclic) bond motifs is 5. The molecule has 1 aromatic rings. The third-order valence-corrected chi connectivity index (χ3v) is 12.2. The second-order valence-corrected chi connectivity index (χ2v) is 14.7. The quantitative estimate of drug-likeness (QED) is 0.422. The van der Waals surface area contributed by atoms with Crippen molar-refractivity contribution in [1.29, 1.82) is 0 Å². The highest BCUT2D eigenvalue weighted by Gasteiger charge is 2.60. The SMILES string of the molecule is CCCCS(=O)(=O)Cc1cccc(OCC[C@]23CCC4C(CCC5=CC(=O)CC[C@@]54C)C2CC[C@@H]3O)c1. The largest absolute Gasteiger partial charge is 0.494 e. The first-order valence-electron chi connectivity index (χ1n) is 14.5. The van der Waals surface area contributed by atoms with E-state index in [0.717, 1.165) is 63.4 Å². The highest BCUT2D eigenvalue weighted by molar-refractivity contribution is 7.90. The van der Waals surface area contributed by atoms with E-state index >= 15 is 0 Å². The van der Waals surface area contributed by atoms with Crippen LogP contribution in [0.5, 0.6) is 5.75 Å². The third-order valence-electron chi connectivity index (χ3n) is 10.6. The Morgan fingerprint density at radius 1 is 1.08 bits per heavy atom. The molecule has 0 radical (unpaired) electrons. The Kier molecular flexibility index (Phi) is 7.63. The first-order valence-corrected chi connectivity index (χ1v) is 16.3. The van der Waals surface area contributed by atoms with Crippen LogP contribution in [0.15, 0.2) is 35.9 Å². The molecule has 0 amide bonds. The van der Waals surface area contributed by atoms with Gasteiger partial charge >= 0.3 is 0 Å². The number of carbonyl (C=O) groups is 1. The van der Waals surface area contributed by atoms with E-state index in [1.165, 1.54) is 5.57 Å². The van der Waals surface area contributed by atoms with Crippen LogP contribution in [0.2, 0.25) is 0 Å². The summed E-state index contributed by atoms with van der Waals surface area (Å²) >= 11 is 0. The van der Waals surface area contributed by atoms with Gasteiger partial charge in [-0.1, -0.05) is 38.0 Å². The second-order valence-electron chi connectivity index (χ2n) is 12.5. The van der Waals surface area contributed by atoms with Gasteiger partial charge in [-0.2, -0.15) is 0 Å². The number of ketones is 1. The fraction of sp³-hybridized carbons (Fsp3) is 0.710. The molecule has 37 heavy (non-hydrogen) atoms. The fourth-order valence-electron chi connectivity index (χ4n) is 8.59. The molecule has 0 aromatic heterocycles. The average Bonchev–Trinajstić information content (AvgIpc) is 3.19. The van der Waals surface area contributed by atoms with Crippen molar-refractivity contribution < 1.29 is 23.1 Å². The summed E-state index contributed by atoms with van der Waals surface area (Å²) < 4.78 is 31.0. The number of hydrogen-bond acceptors (Lipinski definition) is 5. The van der Waals surface area contributed by atoms with E-state index in [9.17, 15) is 18.3 Å². The van der Waals surface area contributed by atoms with Crippen molar-refractivity contribution in [2.24, 2.45) is 28.6 Å².